The molecule has 15 nitrogen and oxygen atoms in total. The second-order valence-electron chi connectivity index (χ2n) is 14.3. The molecule has 55 heavy (non-hydrogen) atoms. The highest BCUT2D eigenvalue weighted by Gasteiger charge is 2.61. The molecule has 0 spiro atoms. The normalized spacial score (nSPS) is 23.7. The first-order valence-electron chi connectivity index (χ1n) is 18.3. The van der Waals surface area contributed by atoms with Crippen molar-refractivity contribution in [1.29, 1.82) is 5.26 Å². The molecular weight excluding hydrogens is 768 g/mol. The number of nitriles is 1. The number of ether oxygens (including phenoxy) is 2. The first kappa shape index (κ1) is 40.2. The highest BCUT2D eigenvalue weighted by Crippen LogP contribution is 2.46. The van der Waals surface area contributed by atoms with Crippen LogP contribution >= 0.6 is 22.9 Å². The van der Waals surface area contributed by atoms with Crippen molar-refractivity contribution >= 4 is 61.9 Å². The number of nitrogens with one attached hydrogen (secondary N) is 3. The van der Waals surface area contributed by atoms with Crippen molar-refractivity contribution in [3.8, 4) is 28.3 Å². The Bertz CT molecular complexity index is 2140. The number of allylic oxidation sites excluding steroid dienone is 1. The fraction of sp³-hybridized carbons (Fsp3) is 0.514. The Morgan fingerprint density at radius 1 is 1.20 bits per heavy atom. The van der Waals surface area contributed by atoms with Crippen LogP contribution in [0, 0.1) is 17.2 Å². The van der Waals surface area contributed by atoms with E-state index in [1.54, 1.807) is 25.2 Å². The van der Waals surface area contributed by atoms with E-state index in [0.29, 0.717) is 70.4 Å². The summed E-state index contributed by atoms with van der Waals surface area (Å²) in [5, 5.41) is 18.6. The number of hydrogen-bond acceptors (Lipinski definition) is 11. The minimum Gasteiger partial charge on any atom is -0.495 e. The molecule has 0 bridgehead atoms. The van der Waals surface area contributed by atoms with Crippen LogP contribution in [0.4, 0.5) is 4.79 Å². The first-order chi connectivity index (χ1) is 26.3. The lowest BCUT2D eigenvalue weighted by molar-refractivity contribution is -0.130. The summed E-state index contributed by atoms with van der Waals surface area (Å²) < 4.78 is 41.4. The average molecular weight is 813 g/mol. The molecule has 1 aromatic carbocycles. The van der Waals surface area contributed by atoms with Gasteiger partial charge in [-0.1, -0.05) is 37.6 Å². The fourth-order valence-electron chi connectivity index (χ4n) is 6.76. The van der Waals surface area contributed by atoms with Crippen molar-refractivity contribution in [3.05, 3.63) is 46.4 Å². The van der Waals surface area contributed by atoms with Gasteiger partial charge in [-0.2, -0.15) is 18.0 Å². The van der Waals surface area contributed by atoms with Crippen molar-refractivity contribution in [2.45, 2.75) is 82.3 Å². The fourth-order valence-corrected chi connectivity index (χ4v) is 9.38. The summed E-state index contributed by atoms with van der Waals surface area (Å²) >= 11 is 8.18. The Labute approximate surface area is 329 Å². The van der Waals surface area contributed by atoms with Gasteiger partial charge in [0.05, 0.1) is 31.0 Å². The van der Waals surface area contributed by atoms with Crippen molar-refractivity contribution in [2.75, 3.05) is 33.9 Å². The molecule has 3 aliphatic rings. The van der Waals surface area contributed by atoms with E-state index in [9.17, 15) is 28.1 Å². The number of urea groups is 1. The van der Waals surface area contributed by atoms with Crippen LogP contribution in [-0.4, -0.2) is 96.9 Å². The molecule has 2 aromatic heterocycles. The molecule has 2 aliphatic heterocycles. The SMILES string of the molecule is COc1ccc2c(OCC[C@@H]3NC(=O)N(C)CCCCC=C[C@@H]4C[C@@]4(C(=O)NS(=O)(=O)N4CCCC4C#N)NC3=O)cc(-c3nc(C(C)C)cs3)nc2c1Cl. The van der Waals surface area contributed by atoms with Gasteiger partial charge in [-0.05, 0) is 56.6 Å². The Hall–Kier alpha value is -4.50. The van der Waals surface area contributed by atoms with Crippen LogP contribution < -0.4 is 24.8 Å². The number of methoxy groups -OCH3 is 1. The molecule has 18 heteroatoms. The van der Waals surface area contributed by atoms with Crippen LogP contribution in [-0.2, 0) is 19.8 Å². The summed E-state index contributed by atoms with van der Waals surface area (Å²) in [5.41, 5.74) is 0.301. The minimum absolute atomic E-state index is 0.0165. The van der Waals surface area contributed by atoms with Crippen molar-refractivity contribution in [2.24, 2.45) is 5.92 Å². The van der Waals surface area contributed by atoms with Crippen molar-refractivity contribution in [3.63, 3.8) is 0 Å². The maximum atomic E-state index is 14.1. The molecule has 4 atom stereocenters. The Morgan fingerprint density at radius 3 is 2.73 bits per heavy atom. The number of carbonyl (C=O) groups excluding carboxylic acids is 3. The molecule has 0 radical (unpaired) electrons. The highest BCUT2D eigenvalue weighted by atomic mass is 35.5. The summed E-state index contributed by atoms with van der Waals surface area (Å²) in [6.07, 6.45) is 6.88. The number of benzene rings is 1. The second-order valence-corrected chi connectivity index (χ2v) is 17.2. The molecule has 1 aliphatic carbocycles. The van der Waals surface area contributed by atoms with Gasteiger partial charge in [-0.15, -0.1) is 11.3 Å². The van der Waals surface area contributed by atoms with Crippen LogP contribution in [0.3, 0.4) is 0 Å². The maximum Gasteiger partial charge on any atom is 0.317 e. The number of amides is 4. The lowest BCUT2D eigenvalue weighted by Crippen LogP contribution is -2.59. The Morgan fingerprint density at radius 2 is 2.00 bits per heavy atom. The van der Waals surface area contributed by atoms with E-state index >= 15 is 0 Å². The molecule has 3 N–H and O–H groups in total. The summed E-state index contributed by atoms with van der Waals surface area (Å²) in [7, 11) is -1.22. The Balaban J connectivity index is 1.27. The maximum absolute atomic E-state index is 14.1. The number of hydrogen-bond donors (Lipinski definition) is 3. The molecule has 2 fully saturated rings. The molecule has 4 amide bonds. The van der Waals surface area contributed by atoms with E-state index < -0.39 is 51.6 Å². The van der Waals surface area contributed by atoms with E-state index in [1.807, 2.05) is 23.6 Å². The summed E-state index contributed by atoms with van der Waals surface area (Å²) in [5.74, 6) is -1.02. The third kappa shape index (κ3) is 8.67. The lowest BCUT2D eigenvalue weighted by atomic mass is 10.1. The van der Waals surface area contributed by atoms with Crippen molar-refractivity contribution in [1.82, 2.24) is 34.5 Å². The summed E-state index contributed by atoms with van der Waals surface area (Å²) in [6.45, 7) is 4.61. The van der Waals surface area contributed by atoms with Crippen LogP contribution in [0.1, 0.15) is 70.4 Å². The zero-order valence-electron chi connectivity index (χ0n) is 31.1. The van der Waals surface area contributed by atoms with Crippen LogP contribution in [0.15, 0.2) is 35.7 Å². The number of carbonyl (C=O) groups is 3. The Kier molecular flexibility index (Phi) is 12.2. The largest absolute Gasteiger partial charge is 0.495 e. The zero-order chi connectivity index (χ0) is 39.5. The van der Waals surface area contributed by atoms with Crippen LogP contribution in [0.25, 0.3) is 21.6 Å². The summed E-state index contributed by atoms with van der Waals surface area (Å²) in [6, 6.07) is 4.66. The number of pyridine rings is 1. The number of rotatable bonds is 10. The first-order valence-corrected chi connectivity index (χ1v) is 21.0. The number of thiazole rings is 1. The minimum atomic E-state index is -4.37. The second kappa shape index (κ2) is 16.7. The molecule has 6 rings (SSSR count). The zero-order valence-corrected chi connectivity index (χ0v) is 33.5. The van der Waals surface area contributed by atoms with Gasteiger partial charge in [-0.25, -0.2) is 19.5 Å². The van der Waals surface area contributed by atoms with E-state index in [4.69, 9.17) is 31.0 Å². The van der Waals surface area contributed by atoms with Gasteiger partial charge in [0.25, 0.3) is 5.91 Å². The molecule has 3 aromatic rings. The number of halogens is 1. The van der Waals surface area contributed by atoms with Gasteiger partial charge in [0.15, 0.2) is 0 Å². The van der Waals surface area contributed by atoms with Gasteiger partial charge >= 0.3 is 16.2 Å². The van der Waals surface area contributed by atoms with Gasteiger partial charge in [0.2, 0.25) is 5.91 Å². The van der Waals surface area contributed by atoms with Gasteiger partial charge in [0, 0.05) is 49.3 Å². The van der Waals surface area contributed by atoms with E-state index in [0.717, 1.165) is 16.4 Å². The topological polar surface area (TPSA) is 196 Å². The molecule has 1 saturated carbocycles. The lowest BCUT2D eigenvalue weighted by Gasteiger charge is -2.27. The summed E-state index contributed by atoms with van der Waals surface area (Å²) in [4.78, 5) is 52.3. The molecule has 1 saturated heterocycles. The standard InChI is InChI=1S/C37H45ClN8O7S2/c1-22(2)28-21-54-34(41-28)27-18-30(25-12-13-29(52-4)31(38)32(25)40-27)53-17-14-26-33(47)43-37(35(48)44-55(50,51)46-16-9-11-24(46)20-39)19-23(37)10-7-5-6-8-15-45(3)36(49)42-26/h7,10,12-13,18,21-24,26H,5-6,8-9,11,14-17,19H2,1-4H3,(H,42,49)(H,43,47)(H,44,48)/t23-,24?,26+,37-/m1/s1. The molecule has 4 heterocycles. The quantitative estimate of drug-likeness (QED) is 0.237. The van der Waals surface area contributed by atoms with Crippen molar-refractivity contribution < 1.29 is 32.3 Å². The highest BCUT2D eigenvalue weighted by molar-refractivity contribution is 7.87. The van der Waals surface area contributed by atoms with E-state index in [-0.39, 0.29) is 31.9 Å². The average Bonchev–Trinajstić information content (AvgIpc) is 3.48. The third-order valence-electron chi connectivity index (χ3n) is 10.2. The number of nitrogens with zero attached hydrogens (tertiary/aromatic N) is 5. The molecule has 294 valence electrons. The van der Waals surface area contributed by atoms with E-state index in [2.05, 4.69) is 29.2 Å². The predicted molar refractivity (Wildman–Crippen MR) is 208 cm³/mol. The smallest absolute Gasteiger partial charge is 0.317 e. The third-order valence-corrected chi connectivity index (χ3v) is 12.9. The van der Waals surface area contributed by atoms with Crippen LogP contribution in [0.2, 0.25) is 5.02 Å². The molecule has 1 unspecified atom stereocenters. The monoisotopic (exact) mass is 812 g/mol. The predicted octanol–water partition coefficient (Wildman–Crippen LogP) is 4.89. The molecular formula is C37H45ClN8O7S2. The number of aromatic nitrogens is 2. The van der Waals surface area contributed by atoms with Gasteiger partial charge < -0.3 is 25.0 Å². The van der Waals surface area contributed by atoms with Gasteiger partial charge in [0.1, 0.15) is 44.8 Å². The van der Waals surface area contributed by atoms with E-state index in [1.165, 1.54) is 23.3 Å². The van der Waals surface area contributed by atoms with Crippen LogP contribution in [0.5, 0.6) is 11.5 Å². The van der Waals surface area contributed by atoms with Gasteiger partial charge in [-0.3, -0.25) is 9.59 Å². The number of fused-ring (bicyclic) bond motifs is 2.